The number of thioether (sulfide) groups is 1. The van der Waals surface area contributed by atoms with Crippen molar-refractivity contribution in [1.29, 1.82) is 0 Å². The summed E-state index contributed by atoms with van der Waals surface area (Å²) in [5.41, 5.74) is 0.765. The lowest BCUT2D eigenvalue weighted by Gasteiger charge is -2.26. The van der Waals surface area contributed by atoms with Gasteiger partial charge in [-0.1, -0.05) is 43.9 Å². The van der Waals surface area contributed by atoms with Crippen LogP contribution in [0.25, 0.3) is 6.08 Å². The van der Waals surface area contributed by atoms with Gasteiger partial charge in [-0.2, -0.15) is 0 Å². The molecular formula is C17H17NO5S2. The van der Waals surface area contributed by atoms with Gasteiger partial charge in [-0.3, -0.25) is 9.69 Å². The summed E-state index contributed by atoms with van der Waals surface area (Å²) < 4.78 is 11.3. The van der Waals surface area contributed by atoms with Crippen molar-refractivity contribution in [2.24, 2.45) is 5.92 Å². The zero-order chi connectivity index (χ0) is 18.1. The minimum atomic E-state index is -1.06. The van der Waals surface area contributed by atoms with Crippen molar-refractivity contribution < 1.29 is 24.2 Å². The fourth-order valence-corrected chi connectivity index (χ4v) is 4.04. The summed E-state index contributed by atoms with van der Waals surface area (Å²) in [5.74, 6) is -0.408. The lowest BCUT2D eigenvalue weighted by molar-refractivity contribution is -0.146. The Balaban J connectivity index is 1.89. The summed E-state index contributed by atoms with van der Waals surface area (Å²) in [6.45, 7) is 4.49. The third kappa shape index (κ3) is 3.50. The molecule has 3 rings (SSSR count). The highest BCUT2D eigenvalue weighted by atomic mass is 32.2. The Kier molecular flexibility index (Phi) is 5.01. The molecule has 8 heteroatoms. The average molecular weight is 379 g/mol. The van der Waals surface area contributed by atoms with E-state index in [1.54, 1.807) is 32.1 Å². The van der Waals surface area contributed by atoms with Gasteiger partial charge in [0.15, 0.2) is 11.5 Å². The number of rotatable bonds is 4. The van der Waals surface area contributed by atoms with Crippen LogP contribution in [0.1, 0.15) is 19.4 Å². The Hall–Kier alpha value is -2.06. The van der Waals surface area contributed by atoms with Crippen LogP contribution in [0.5, 0.6) is 11.5 Å². The number of thiocarbonyl (C=S) groups is 1. The van der Waals surface area contributed by atoms with Crippen LogP contribution in [0, 0.1) is 5.92 Å². The molecule has 0 spiro atoms. The van der Waals surface area contributed by atoms with Crippen molar-refractivity contribution in [1.82, 2.24) is 4.90 Å². The number of benzene rings is 1. The third-order valence-electron chi connectivity index (χ3n) is 3.85. The van der Waals surface area contributed by atoms with Gasteiger partial charge < -0.3 is 14.6 Å². The maximum Gasteiger partial charge on any atom is 0.327 e. The molecular weight excluding hydrogens is 362 g/mol. The molecule has 1 atom stereocenters. The number of aliphatic carboxylic acids is 1. The first-order valence-electron chi connectivity index (χ1n) is 7.78. The summed E-state index contributed by atoms with van der Waals surface area (Å²) in [5, 5.41) is 9.44. The molecule has 1 N–H and O–H groups in total. The molecule has 1 aromatic carbocycles. The quantitative estimate of drug-likeness (QED) is 0.637. The van der Waals surface area contributed by atoms with Gasteiger partial charge >= 0.3 is 5.97 Å². The summed E-state index contributed by atoms with van der Waals surface area (Å²) in [6, 6.07) is 4.42. The lowest BCUT2D eigenvalue weighted by Crippen LogP contribution is -2.47. The maximum absolute atomic E-state index is 12.7. The predicted molar refractivity (Wildman–Crippen MR) is 98.7 cm³/mol. The number of ether oxygens (including phenoxy) is 2. The molecule has 0 radical (unpaired) electrons. The standard InChI is InChI=1S/C17H17NO5S2/c1-9(2)14(16(20)21)18-15(19)13(25-17(18)24)8-10-3-4-11-12(7-10)23-6-5-22-11/h3-4,7-9,14H,5-6H2,1-2H3,(H,20,21)/b13-8-/t14-/m0/s1. The lowest BCUT2D eigenvalue weighted by atomic mass is 10.0. The van der Waals surface area contributed by atoms with Gasteiger partial charge in [0.05, 0.1) is 4.91 Å². The van der Waals surface area contributed by atoms with E-state index < -0.39 is 12.0 Å². The van der Waals surface area contributed by atoms with E-state index >= 15 is 0 Å². The molecule has 0 unspecified atom stereocenters. The molecule has 1 amide bonds. The summed E-state index contributed by atoms with van der Waals surface area (Å²) in [6.07, 6.45) is 1.69. The molecule has 0 aromatic heterocycles. The van der Waals surface area contributed by atoms with Gasteiger partial charge in [0.1, 0.15) is 23.6 Å². The smallest absolute Gasteiger partial charge is 0.327 e. The molecule has 0 aliphatic carbocycles. The van der Waals surface area contributed by atoms with E-state index in [4.69, 9.17) is 21.7 Å². The van der Waals surface area contributed by atoms with E-state index in [0.717, 1.165) is 17.3 Å². The van der Waals surface area contributed by atoms with Crippen molar-refractivity contribution in [2.45, 2.75) is 19.9 Å². The summed E-state index contributed by atoms with van der Waals surface area (Å²) in [7, 11) is 0. The molecule has 1 fully saturated rings. The zero-order valence-corrected chi connectivity index (χ0v) is 15.4. The minimum absolute atomic E-state index is 0.256. The SMILES string of the molecule is CC(C)[C@@H](C(=O)O)N1C(=O)/C(=C/c2ccc3c(c2)OCCO3)SC1=S. The maximum atomic E-state index is 12.7. The van der Waals surface area contributed by atoms with Gasteiger partial charge in [0.2, 0.25) is 0 Å². The second-order valence-corrected chi connectivity index (χ2v) is 7.66. The van der Waals surface area contributed by atoms with E-state index in [9.17, 15) is 14.7 Å². The largest absolute Gasteiger partial charge is 0.486 e. The topological polar surface area (TPSA) is 76.1 Å². The fraction of sp³-hybridized carbons (Fsp3) is 0.353. The first-order chi connectivity index (χ1) is 11.9. The highest BCUT2D eigenvalue weighted by Gasteiger charge is 2.41. The third-order valence-corrected chi connectivity index (χ3v) is 5.18. The number of amides is 1. The first kappa shape index (κ1) is 17.8. The number of carboxylic acid groups (broad SMARTS) is 1. The van der Waals surface area contributed by atoms with Crippen LogP contribution in [-0.2, 0) is 9.59 Å². The van der Waals surface area contributed by atoms with E-state index in [1.165, 1.54) is 4.90 Å². The highest BCUT2D eigenvalue weighted by molar-refractivity contribution is 8.26. The van der Waals surface area contributed by atoms with Crippen molar-refractivity contribution >= 4 is 46.3 Å². The molecule has 25 heavy (non-hydrogen) atoms. The number of hydrogen-bond acceptors (Lipinski definition) is 6. The summed E-state index contributed by atoms with van der Waals surface area (Å²) >= 11 is 6.35. The number of carbonyl (C=O) groups excluding carboxylic acids is 1. The van der Waals surface area contributed by atoms with Gasteiger partial charge in [0.25, 0.3) is 5.91 Å². The minimum Gasteiger partial charge on any atom is -0.486 e. The van der Waals surface area contributed by atoms with Crippen LogP contribution in [0.2, 0.25) is 0 Å². The van der Waals surface area contributed by atoms with Crippen LogP contribution in [-0.4, -0.2) is 45.5 Å². The second kappa shape index (κ2) is 7.05. The second-order valence-electron chi connectivity index (χ2n) is 5.98. The van der Waals surface area contributed by atoms with Gasteiger partial charge in [-0.05, 0) is 29.7 Å². The number of hydrogen-bond donors (Lipinski definition) is 1. The van der Waals surface area contributed by atoms with Crippen LogP contribution in [0.4, 0.5) is 0 Å². The average Bonchev–Trinajstić information content (AvgIpc) is 2.82. The molecule has 2 heterocycles. The highest BCUT2D eigenvalue weighted by Crippen LogP contribution is 2.37. The Bertz CT molecular complexity index is 774. The van der Waals surface area contributed by atoms with Crippen molar-refractivity contribution in [2.75, 3.05) is 13.2 Å². The van der Waals surface area contributed by atoms with Crippen molar-refractivity contribution in [3.8, 4) is 11.5 Å². The van der Waals surface area contributed by atoms with Crippen LogP contribution in [0.3, 0.4) is 0 Å². The molecule has 2 aliphatic heterocycles. The number of carboxylic acids is 1. The normalized spacial score (nSPS) is 19.6. The van der Waals surface area contributed by atoms with E-state index in [-0.39, 0.29) is 16.1 Å². The number of nitrogens with zero attached hydrogens (tertiary/aromatic N) is 1. The van der Waals surface area contributed by atoms with Crippen molar-refractivity contribution in [3.63, 3.8) is 0 Å². The fourth-order valence-electron chi connectivity index (χ4n) is 2.71. The van der Waals surface area contributed by atoms with Gasteiger partial charge in [-0.25, -0.2) is 4.79 Å². The molecule has 0 saturated carbocycles. The Morgan fingerprint density at radius 1 is 1.32 bits per heavy atom. The van der Waals surface area contributed by atoms with Crippen LogP contribution < -0.4 is 9.47 Å². The monoisotopic (exact) mass is 379 g/mol. The first-order valence-corrected chi connectivity index (χ1v) is 9.00. The molecule has 2 aliphatic rings. The Labute approximate surface area is 154 Å². The van der Waals surface area contributed by atoms with Gasteiger partial charge in [-0.15, -0.1) is 0 Å². The Morgan fingerprint density at radius 2 is 2.00 bits per heavy atom. The molecule has 0 bridgehead atoms. The van der Waals surface area contributed by atoms with Crippen molar-refractivity contribution in [3.05, 3.63) is 28.7 Å². The molecule has 1 aromatic rings. The zero-order valence-electron chi connectivity index (χ0n) is 13.7. The van der Waals surface area contributed by atoms with E-state index in [1.807, 2.05) is 6.07 Å². The molecule has 1 saturated heterocycles. The number of fused-ring (bicyclic) bond motifs is 1. The molecule has 132 valence electrons. The van der Waals surface area contributed by atoms with Gasteiger partial charge in [0, 0.05) is 0 Å². The van der Waals surface area contributed by atoms with Crippen LogP contribution >= 0.6 is 24.0 Å². The number of carbonyl (C=O) groups is 2. The molecule has 6 nitrogen and oxygen atoms in total. The van der Waals surface area contributed by atoms with E-state index in [0.29, 0.717) is 29.6 Å². The van der Waals surface area contributed by atoms with E-state index in [2.05, 4.69) is 0 Å². The Morgan fingerprint density at radius 3 is 2.64 bits per heavy atom. The predicted octanol–water partition coefficient (Wildman–Crippen LogP) is 2.77. The summed E-state index contributed by atoms with van der Waals surface area (Å²) in [4.78, 5) is 25.8. The van der Waals surface area contributed by atoms with Crippen LogP contribution in [0.15, 0.2) is 23.1 Å².